The zero-order valence-corrected chi connectivity index (χ0v) is 12.7. The Hall–Kier alpha value is -2.84. The second kappa shape index (κ2) is 6.11. The number of benzene rings is 1. The summed E-state index contributed by atoms with van der Waals surface area (Å²) < 4.78 is 0. The predicted molar refractivity (Wildman–Crippen MR) is 90.3 cm³/mol. The quantitative estimate of drug-likeness (QED) is 0.790. The van der Waals surface area contributed by atoms with Crippen LogP contribution in [0.15, 0.2) is 36.4 Å². The predicted octanol–water partition coefficient (Wildman–Crippen LogP) is 2.80. The summed E-state index contributed by atoms with van der Waals surface area (Å²) in [6.45, 7) is 0. The van der Waals surface area contributed by atoms with Gasteiger partial charge in [-0.2, -0.15) is 5.26 Å². The van der Waals surface area contributed by atoms with Crippen molar-refractivity contribution in [3.63, 3.8) is 0 Å². The van der Waals surface area contributed by atoms with Crippen molar-refractivity contribution in [3.05, 3.63) is 47.5 Å². The first-order valence-corrected chi connectivity index (χ1v) is 7.54. The summed E-state index contributed by atoms with van der Waals surface area (Å²) in [5.74, 6) is 0.299. The molecule has 1 aromatic heterocycles. The molecule has 3 rings (SSSR count). The van der Waals surface area contributed by atoms with E-state index in [0.717, 1.165) is 24.0 Å². The number of para-hydroxylation sites is 1. The van der Waals surface area contributed by atoms with Crippen molar-refractivity contribution in [3.8, 4) is 23.1 Å². The molecule has 0 spiro atoms. The third-order valence-electron chi connectivity index (χ3n) is 4.10. The fourth-order valence-electron chi connectivity index (χ4n) is 2.92. The fourth-order valence-corrected chi connectivity index (χ4v) is 2.92. The van der Waals surface area contributed by atoms with Gasteiger partial charge in [0.2, 0.25) is 0 Å². The summed E-state index contributed by atoms with van der Waals surface area (Å²) in [6, 6.07) is 11.0. The largest absolute Gasteiger partial charge is 0.507 e. The van der Waals surface area contributed by atoms with E-state index in [2.05, 4.69) is 17.1 Å². The molecule has 1 heterocycles. The standard InChI is InChI=1S/C18H18N4O/c19-10-15-14(11-4-3-5-12(20)8-11)9-16(22-18(15)21)13-6-1-2-7-17(13)23/h1-2,4,6-7,9,12,23H,3,5,8,20H2,(H2,21,22). The minimum atomic E-state index is 0.0875. The third kappa shape index (κ3) is 2.89. The maximum absolute atomic E-state index is 10.0. The number of phenolic OH excluding ortho intramolecular Hbond substituents is 1. The van der Waals surface area contributed by atoms with Gasteiger partial charge < -0.3 is 16.6 Å². The van der Waals surface area contributed by atoms with Crippen LogP contribution in [0.4, 0.5) is 5.82 Å². The molecule has 116 valence electrons. The topological polar surface area (TPSA) is 109 Å². The molecule has 1 unspecified atom stereocenters. The minimum Gasteiger partial charge on any atom is -0.507 e. The van der Waals surface area contributed by atoms with Gasteiger partial charge in [-0.1, -0.05) is 18.2 Å². The molecule has 1 aromatic carbocycles. The fraction of sp³-hybridized carbons (Fsp3) is 0.222. The van der Waals surface area contributed by atoms with Crippen LogP contribution in [-0.2, 0) is 0 Å². The Morgan fingerprint density at radius 1 is 1.26 bits per heavy atom. The lowest BCUT2D eigenvalue weighted by molar-refractivity contribution is 0.477. The van der Waals surface area contributed by atoms with Crippen LogP contribution in [0, 0.1) is 11.3 Å². The summed E-state index contributed by atoms with van der Waals surface area (Å²) in [7, 11) is 0. The molecular formula is C18H18N4O. The Morgan fingerprint density at radius 3 is 2.74 bits per heavy atom. The van der Waals surface area contributed by atoms with E-state index in [4.69, 9.17) is 11.5 Å². The first-order valence-electron chi connectivity index (χ1n) is 7.54. The number of nitrogen functional groups attached to an aromatic ring is 1. The molecule has 1 atom stereocenters. The van der Waals surface area contributed by atoms with Crippen LogP contribution >= 0.6 is 0 Å². The molecule has 1 aliphatic rings. The third-order valence-corrected chi connectivity index (χ3v) is 4.10. The molecule has 5 heteroatoms. The van der Waals surface area contributed by atoms with E-state index in [1.165, 1.54) is 0 Å². The van der Waals surface area contributed by atoms with E-state index in [-0.39, 0.29) is 17.6 Å². The second-order valence-corrected chi connectivity index (χ2v) is 5.72. The van der Waals surface area contributed by atoms with Crippen LogP contribution in [0.5, 0.6) is 5.75 Å². The average Bonchev–Trinajstić information content (AvgIpc) is 2.54. The van der Waals surface area contributed by atoms with Crippen molar-refractivity contribution in [1.82, 2.24) is 4.98 Å². The van der Waals surface area contributed by atoms with Gasteiger partial charge in [0.25, 0.3) is 0 Å². The number of aromatic nitrogens is 1. The number of nitrogens with two attached hydrogens (primary N) is 2. The molecule has 0 bridgehead atoms. The van der Waals surface area contributed by atoms with Crippen LogP contribution in [0.25, 0.3) is 16.8 Å². The number of nitrogens with zero attached hydrogens (tertiary/aromatic N) is 2. The van der Waals surface area contributed by atoms with Gasteiger partial charge in [0.05, 0.1) is 5.69 Å². The highest BCUT2D eigenvalue weighted by atomic mass is 16.3. The van der Waals surface area contributed by atoms with Crippen molar-refractivity contribution in [1.29, 1.82) is 5.26 Å². The highest BCUT2D eigenvalue weighted by molar-refractivity contribution is 5.80. The summed E-state index contributed by atoms with van der Waals surface area (Å²) in [6.07, 6.45) is 4.64. The van der Waals surface area contributed by atoms with Crippen molar-refractivity contribution >= 4 is 11.4 Å². The van der Waals surface area contributed by atoms with Crippen molar-refractivity contribution in [2.24, 2.45) is 5.73 Å². The van der Waals surface area contributed by atoms with Crippen molar-refractivity contribution < 1.29 is 5.11 Å². The maximum atomic E-state index is 10.0. The maximum Gasteiger partial charge on any atom is 0.142 e. The molecule has 0 saturated heterocycles. The van der Waals surface area contributed by atoms with Gasteiger partial charge in [-0.05, 0) is 43.0 Å². The summed E-state index contributed by atoms with van der Waals surface area (Å²) in [4.78, 5) is 4.29. The Bertz CT molecular complexity index is 820. The normalized spacial score (nSPS) is 17.4. The molecular weight excluding hydrogens is 288 g/mol. The Balaban J connectivity index is 2.17. The van der Waals surface area contributed by atoms with Gasteiger partial charge in [-0.15, -0.1) is 0 Å². The van der Waals surface area contributed by atoms with Crippen LogP contribution in [-0.4, -0.2) is 16.1 Å². The highest BCUT2D eigenvalue weighted by Gasteiger charge is 2.19. The number of hydrogen-bond donors (Lipinski definition) is 3. The monoisotopic (exact) mass is 306 g/mol. The number of rotatable bonds is 2. The van der Waals surface area contributed by atoms with E-state index in [1.54, 1.807) is 18.2 Å². The first kappa shape index (κ1) is 15.1. The summed E-state index contributed by atoms with van der Waals surface area (Å²) in [5.41, 5.74) is 15.3. The SMILES string of the molecule is N#Cc1c(C2=CCCC(N)C2)cc(-c2ccccc2O)nc1N. The molecule has 0 amide bonds. The van der Waals surface area contributed by atoms with E-state index >= 15 is 0 Å². The van der Waals surface area contributed by atoms with E-state index in [9.17, 15) is 10.4 Å². The number of anilines is 1. The molecule has 23 heavy (non-hydrogen) atoms. The van der Waals surface area contributed by atoms with Crippen LogP contribution in [0.3, 0.4) is 0 Å². The van der Waals surface area contributed by atoms with Gasteiger partial charge in [0, 0.05) is 17.2 Å². The molecule has 0 fully saturated rings. The summed E-state index contributed by atoms with van der Waals surface area (Å²) in [5, 5.41) is 19.5. The number of allylic oxidation sites excluding steroid dienone is 1. The van der Waals surface area contributed by atoms with Crippen LogP contribution < -0.4 is 11.5 Å². The van der Waals surface area contributed by atoms with Gasteiger partial charge >= 0.3 is 0 Å². The zero-order valence-electron chi connectivity index (χ0n) is 12.7. The van der Waals surface area contributed by atoms with Crippen LogP contribution in [0.2, 0.25) is 0 Å². The van der Waals surface area contributed by atoms with E-state index < -0.39 is 0 Å². The number of pyridine rings is 1. The molecule has 0 saturated carbocycles. The number of aromatic hydroxyl groups is 1. The molecule has 5 N–H and O–H groups in total. The lowest BCUT2D eigenvalue weighted by Crippen LogP contribution is -2.22. The number of nitriles is 1. The number of hydrogen-bond acceptors (Lipinski definition) is 5. The number of phenols is 1. The van der Waals surface area contributed by atoms with Crippen molar-refractivity contribution in [2.45, 2.75) is 25.3 Å². The summed E-state index contributed by atoms with van der Waals surface area (Å²) >= 11 is 0. The lowest BCUT2D eigenvalue weighted by Gasteiger charge is -2.21. The molecule has 5 nitrogen and oxygen atoms in total. The highest BCUT2D eigenvalue weighted by Crippen LogP contribution is 2.35. The Labute approximate surface area is 134 Å². The second-order valence-electron chi connectivity index (χ2n) is 5.72. The van der Waals surface area contributed by atoms with Gasteiger partial charge in [-0.25, -0.2) is 4.98 Å². The molecule has 0 aliphatic heterocycles. The smallest absolute Gasteiger partial charge is 0.142 e. The van der Waals surface area contributed by atoms with Crippen molar-refractivity contribution in [2.75, 3.05) is 5.73 Å². The Kier molecular flexibility index (Phi) is 4.00. The van der Waals surface area contributed by atoms with Gasteiger partial charge in [0.1, 0.15) is 23.2 Å². The average molecular weight is 306 g/mol. The zero-order chi connectivity index (χ0) is 16.4. The lowest BCUT2D eigenvalue weighted by atomic mass is 9.88. The first-order chi connectivity index (χ1) is 11.1. The van der Waals surface area contributed by atoms with Gasteiger partial charge in [0.15, 0.2) is 0 Å². The van der Waals surface area contributed by atoms with Crippen LogP contribution in [0.1, 0.15) is 30.4 Å². The Morgan fingerprint density at radius 2 is 2.04 bits per heavy atom. The molecule has 1 aliphatic carbocycles. The van der Waals surface area contributed by atoms with E-state index in [0.29, 0.717) is 23.2 Å². The molecule has 0 radical (unpaired) electrons. The van der Waals surface area contributed by atoms with Gasteiger partial charge in [-0.3, -0.25) is 0 Å². The minimum absolute atomic E-state index is 0.0875. The molecule has 2 aromatic rings. The van der Waals surface area contributed by atoms with E-state index in [1.807, 2.05) is 12.1 Å².